The minimum Gasteiger partial charge on any atom is -0.415 e. The lowest BCUT2D eigenvalue weighted by molar-refractivity contribution is -0.140. The van der Waals surface area contributed by atoms with Crippen molar-refractivity contribution in [2.45, 2.75) is 71.1 Å². The van der Waals surface area contributed by atoms with Crippen LogP contribution in [-0.2, 0) is 4.79 Å². The van der Waals surface area contributed by atoms with Crippen molar-refractivity contribution in [3.63, 3.8) is 0 Å². The summed E-state index contributed by atoms with van der Waals surface area (Å²) in [5.41, 5.74) is -0.0754. The summed E-state index contributed by atoms with van der Waals surface area (Å²) in [6.45, 7) is 2.22. The molecule has 1 aliphatic carbocycles. The van der Waals surface area contributed by atoms with Crippen molar-refractivity contribution in [1.29, 1.82) is 0 Å². The topological polar surface area (TPSA) is 26.3 Å². The number of unbranched alkanes of at least 4 members (excludes halogenated alkanes) is 3. The van der Waals surface area contributed by atoms with Crippen LogP contribution in [0.4, 0.5) is 8.78 Å². The Balaban J connectivity index is 1.70. The Kier molecular flexibility index (Phi) is 7.47. The molecule has 0 unspecified atom stereocenters. The number of alkyl halides is 2. The van der Waals surface area contributed by atoms with E-state index in [1.165, 1.54) is 43.6 Å². The first-order valence-electron chi connectivity index (χ1n) is 8.68. The van der Waals surface area contributed by atoms with Gasteiger partial charge in [-0.1, -0.05) is 39.0 Å². The van der Waals surface area contributed by atoms with Gasteiger partial charge in [-0.15, -0.1) is 11.3 Å². The smallest absolute Gasteiger partial charge is 0.315 e. The predicted octanol–water partition coefficient (Wildman–Crippen LogP) is 6.37. The summed E-state index contributed by atoms with van der Waals surface area (Å²) >= 11 is 1.06. The van der Waals surface area contributed by atoms with Crippen molar-refractivity contribution in [2.75, 3.05) is 0 Å². The fourth-order valence-corrected chi connectivity index (χ4v) is 3.98. The monoisotopic (exact) mass is 344 g/mol. The summed E-state index contributed by atoms with van der Waals surface area (Å²) in [5.74, 6) is 0.416. The highest BCUT2D eigenvalue weighted by Crippen LogP contribution is 2.35. The van der Waals surface area contributed by atoms with Gasteiger partial charge in [0.2, 0.25) is 0 Å². The van der Waals surface area contributed by atoms with E-state index in [1.807, 2.05) is 0 Å². The van der Waals surface area contributed by atoms with E-state index in [2.05, 4.69) is 6.92 Å². The molecule has 1 fully saturated rings. The number of carbonyl (C=O) groups is 1. The predicted molar refractivity (Wildman–Crippen MR) is 89.1 cm³/mol. The van der Waals surface area contributed by atoms with Crippen LogP contribution in [0.2, 0.25) is 0 Å². The number of hydrogen-bond donors (Lipinski definition) is 0. The van der Waals surface area contributed by atoms with Gasteiger partial charge in [0.25, 0.3) is 6.43 Å². The summed E-state index contributed by atoms with van der Waals surface area (Å²) < 4.78 is 30.3. The summed E-state index contributed by atoms with van der Waals surface area (Å²) in [6, 6.07) is 1.27. The molecule has 0 aliphatic heterocycles. The van der Waals surface area contributed by atoms with Crippen LogP contribution < -0.4 is 4.74 Å². The second-order valence-corrected chi connectivity index (χ2v) is 7.36. The second-order valence-electron chi connectivity index (χ2n) is 6.49. The van der Waals surface area contributed by atoms with E-state index >= 15 is 0 Å². The third-order valence-corrected chi connectivity index (χ3v) is 5.52. The number of rotatable bonds is 8. The number of carbonyl (C=O) groups excluding carboxylic acids is 1. The molecule has 0 atom stereocenters. The van der Waals surface area contributed by atoms with Crippen molar-refractivity contribution in [3.8, 4) is 5.06 Å². The van der Waals surface area contributed by atoms with Crippen LogP contribution in [0.15, 0.2) is 11.4 Å². The molecule has 5 heteroatoms. The van der Waals surface area contributed by atoms with Gasteiger partial charge in [-0.2, -0.15) is 0 Å². The highest BCUT2D eigenvalue weighted by molar-refractivity contribution is 7.12. The van der Waals surface area contributed by atoms with Gasteiger partial charge in [0.15, 0.2) is 5.06 Å². The number of thiophene rings is 1. The third kappa shape index (κ3) is 5.87. The molecule has 23 heavy (non-hydrogen) atoms. The van der Waals surface area contributed by atoms with Gasteiger partial charge >= 0.3 is 5.97 Å². The first-order chi connectivity index (χ1) is 11.1. The van der Waals surface area contributed by atoms with E-state index in [-0.39, 0.29) is 22.5 Å². The van der Waals surface area contributed by atoms with Crippen molar-refractivity contribution in [2.24, 2.45) is 11.8 Å². The third-order valence-electron chi connectivity index (χ3n) is 4.69. The minimum atomic E-state index is -2.51. The van der Waals surface area contributed by atoms with Gasteiger partial charge in [0.05, 0.1) is 5.92 Å². The molecule has 1 aromatic rings. The molecule has 0 bridgehead atoms. The molecule has 2 nitrogen and oxygen atoms in total. The van der Waals surface area contributed by atoms with E-state index < -0.39 is 6.43 Å². The van der Waals surface area contributed by atoms with E-state index in [4.69, 9.17) is 4.74 Å². The fraction of sp³-hybridized carbons (Fsp3) is 0.722. The Bertz CT molecular complexity index is 479. The number of hydrogen-bond acceptors (Lipinski definition) is 3. The van der Waals surface area contributed by atoms with Crippen LogP contribution in [0.25, 0.3) is 0 Å². The van der Waals surface area contributed by atoms with E-state index in [9.17, 15) is 13.6 Å². The lowest BCUT2D eigenvalue weighted by Crippen LogP contribution is -2.25. The first-order valence-corrected chi connectivity index (χ1v) is 9.56. The molecule has 2 rings (SSSR count). The lowest BCUT2D eigenvalue weighted by Gasteiger charge is -2.27. The number of ether oxygens (including phenoxy) is 1. The molecule has 1 heterocycles. The molecule has 1 aliphatic rings. The standard InChI is InChI=1S/C18H26F2O2S/c1-2-3-4-5-6-13-7-9-14(10-8-13)18(21)22-16-11-15(12-23-16)17(19)20/h11-14,17H,2-10H2,1H3/t13-,14-. The molecule has 0 aromatic carbocycles. The molecule has 1 aromatic heterocycles. The molecule has 0 saturated heterocycles. The van der Waals surface area contributed by atoms with Crippen LogP contribution >= 0.6 is 11.3 Å². The van der Waals surface area contributed by atoms with Crippen molar-refractivity contribution in [3.05, 3.63) is 17.0 Å². The first kappa shape index (κ1) is 18.4. The Hall–Kier alpha value is -0.970. The number of esters is 1. The quantitative estimate of drug-likeness (QED) is 0.405. The van der Waals surface area contributed by atoms with Crippen molar-refractivity contribution >= 4 is 17.3 Å². The van der Waals surface area contributed by atoms with Gasteiger partial charge in [-0.05, 0) is 31.6 Å². The molecule has 0 N–H and O–H groups in total. The van der Waals surface area contributed by atoms with E-state index in [0.717, 1.165) is 42.9 Å². The SMILES string of the molecule is CCCCCC[C@H]1CC[C@H](C(=O)Oc2cc(C(F)F)cs2)CC1. The summed E-state index contributed by atoms with van der Waals surface area (Å²) in [7, 11) is 0. The van der Waals surface area contributed by atoms with Gasteiger partial charge in [0, 0.05) is 17.0 Å². The molecule has 1 saturated carbocycles. The molecule has 0 radical (unpaired) electrons. The van der Waals surface area contributed by atoms with Gasteiger partial charge in [0.1, 0.15) is 0 Å². The van der Waals surface area contributed by atoms with Gasteiger partial charge in [-0.25, -0.2) is 8.78 Å². The van der Waals surface area contributed by atoms with Crippen LogP contribution in [0, 0.1) is 11.8 Å². The Labute approximate surface area is 141 Å². The summed E-state index contributed by atoms with van der Waals surface area (Å²) in [6.07, 6.45) is 7.82. The van der Waals surface area contributed by atoms with Crippen molar-refractivity contribution in [1.82, 2.24) is 0 Å². The Morgan fingerprint density at radius 2 is 2.00 bits per heavy atom. The molecular weight excluding hydrogens is 318 g/mol. The summed E-state index contributed by atoms with van der Waals surface area (Å²) in [4.78, 5) is 12.1. The van der Waals surface area contributed by atoms with Crippen LogP contribution in [-0.4, -0.2) is 5.97 Å². The highest BCUT2D eigenvalue weighted by atomic mass is 32.1. The van der Waals surface area contributed by atoms with Crippen LogP contribution in [0.3, 0.4) is 0 Å². The molecule has 0 amide bonds. The maximum absolute atomic E-state index is 12.5. The Morgan fingerprint density at radius 3 is 2.61 bits per heavy atom. The fourth-order valence-electron chi connectivity index (χ4n) is 3.23. The number of halogens is 2. The zero-order valence-electron chi connectivity index (χ0n) is 13.7. The van der Waals surface area contributed by atoms with Crippen LogP contribution in [0.1, 0.15) is 76.7 Å². The maximum Gasteiger partial charge on any atom is 0.315 e. The minimum absolute atomic E-state index is 0.0704. The largest absolute Gasteiger partial charge is 0.415 e. The zero-order chi connectivity index (χ0) is 16.7. The molecular formula is C18H26F2O2S. The molecule has 130 valence electrons. The van der Waals surface area contributed by atoms with E-state index in [1.54, 1.807) is 0 Å². The van der Waals surface area contributed by atoms with Crippen LogP contribution in [0.5, 0.6) is 5.06 Å². The van der Waals surface area contributed by atoms with Gasteiger partial charge < -0.3 is 4.74 Å². The van der Waals surface area contributed by atoms with Crippen molar-refractivity contribution < 1.29 is 18.3 Å². The summed E-state index contributed by atoms with van der Waals surface area (Å²) in [5, 5.41) is 1.63. The normalized spacial score (nSPS) is 21.6. The lowest BCUT2D eigenvalue weighted by atomic mass is 9.80. The average Bonchev–Trinajstić information content (AvgIpc) is 3.01. The van der Waals surface area contributed by atoms with Gasteiger partial charge in [-0.3, -0.25) is 4.79 Å². The molecule has 0 spiro atoms. The van der Waals surface area contributed by atoms with E-state index in [0.29, 0.717) is 0 Å². The highest BCUT2D eigenvalue weighted by Gasteiger charge is 2.28. The second kappa shape index (κ2) is 9.36. The zero-order valence-corrected chi connectivity index (χ0v) is 14.5. The Morgan fingerprint density at radius 1 is 1.26 bits per heavy atom. The average molecular weight is 344 g/mol. The maximum atomic E-state index is 12.5.